The summed E-state index contributed by atoms with van der Waals surface area (Å²) in [5.41, 5.74) is 3.15. The number of ether oxygens (including phenoxy) is 1. The van der Waals surface area contributed by atoms with Crippen LogP contribution >= 0.6 is 0 Å². The van der Waals surface area contributed by atoms with Crippen molar-refractivity contribution in [3.63, 3.8) is 0 Å². The summed E-state index contributed by atoms with van der Waals surface area (Å²) in [6.45, 7) is 2.85. The van der Waals surface area contributed by atoms with Crippen molar-refractivity contribution < 1.29 is 14.3 Å². The van der Waals surface area contributed by atoms with Crippen LogP contribution in [0.1, 0.15) is 29.5 Å². The lowest BCUT2D eigenvalue weighted by molar-refractivity contribution is -0.141. The predicted octanol–water partition coefficient (Wildman–Crippen LogP) is 4.54. The molecule has 2 amide bonds. The van der Waals surface area contributed by atoms with Gasteiger partial charge < -0.3 is 15.0 Å². The summed E-state index contributed by atoms with van der Waals surface area (Å²) in [5.74, 6) is 0.565. The molecule has 0 spiro atoms. The molecule has 0 aliphatic carbocycles. The van der Waals surface area contributed by atoms with Crippen LogP contribution < -0.4 is 10.1 Å². The van der Waals surface area contributed by atoms with Gasteiger partial charge >= 0.3 is 0 Å². The van der Waals surface area contributed by atoms with Crippen LogP contribution in [0.5, 0.6) is 5.75 Å². The largest absolute Gasteiger partial charge is 0.494 e. The summed E-state index contributed by atoms with van der Waals surface area (Å²) in [5, 5.41) is 2.75. The maximum Gasteiger partial charge on any atom is 0.242 e. The number of nitrogens with zero attached hydrogens (tertiary/aromatic N) is 1. The van der Waals surface area contributed by atoms with Gasteiger partial charge in [0.25, 0.3) is 0 Å². The lowest BCUT2D eigenvalue weighted by Crippen LogP contribution is -2.49. The Balaban J connectivity index is 1.76. The van der Waals surface area contributed by atoms with Gasteiger partial charge in [-0.05, 0) is 42.2 Å². The lowest BCUT2D eigenvalue weighted by Gasteiger charge is -2.31. The number of nitrogens with one attached hydrogen (secondary N) is 1. The number of carbonyl (C=O) groups is 2. The van der Waals surface area contributed by atoms with Crippen molar-refractivity contribution in [1.29, 1.82) is 0 Å². The second-order valence-electron chi connectivity index (χ2n) is 8.03. The summed E-state index contributed by atoms with van der Waals surface area (Å²) in [4.78, 5) is 28.1. The maximum atomic E-state index is 13.4. The quantitative estimate of drug-likeness (QED) is 0.442. The third-order valence-electron chi connectivity index (χ3n) is 5.67. The average molecular weight is 445 g/mol. The van der Waals surface area contributed by atoms with Gasteiger partial charge in [0, 0.05) is 26.4 Å². The van der Waals surface area contributed by atoms with E-state index in [1.807, 2.05) is 91.9 Å². The van der Waals surface area contributed by atoms with Crippen LogP contribution in [-0.4, -0.2) is 36.4 Å². The molecule has 0 saturated carbocycles. The van der Waals surface area contributed by atoms with Crippen LogP contribution in [-0.2, 0) is 22.6 Å². The fourth-order valence-electron chi connectivity index (χ4n) is 3.77. The van der Waals surface area contributed by atoms with Crippen LogP contribution in [0.25, 0.3) is 0 Å². The SMILES string of the molecule is CNC(=O)[C@H](Cc1ccccc1)N(Cc1ccccc1C)C(=O)CCCOc1ccccc1. The number of carbonyl (C=O) groups excluding carboxylic acids is 2. The molecule has 1 N–H and O–H groups in total. The van der Waals surface area contributed by atoms with Crippen molar-refractivity contribution in [3.05, 3.63) is 102 Å². The highest BCUT2D eigenvalue weighted by Gasteiger charge is 2.29. The molecule has 3 aromatic rings. The summed E-state index contributed by atoms with van der Waals surface area (Å²) in [6.07, 6.45) is 1.34. The third-order valence-corrected chi connectivity index (χ3v) is 5.67. The van der Waals surface area contributed by atoms with Crippen molar-refractivity contribution in [2.75, 3.05) is 13.7 Å². The van der Waals surface area contributed by atoms with Crippen LogP contribution in [0.4, 0.5) is 0 Å². The van der Waals surface area contributed by atoms with Crippen molar-refractivity contribution in [2.45, 2.75) is 38.8 Å². The van der Waals surface area contributed by atoms with Crippen molar-refractivity contribution >= 4 is 11.8 Å². The van der Waals surface area contributed by atoms with Crippen LogP contribution in [0, 0.1) is 6.92 Å². The molecule has 0 radical (unpaired) electrons. The predicted molar refractivity (Wildman–Crippen MR) is 131 cm³/mol. The first-order valence-electron chi connectivity index (χ1n) is 11.4. The topological polar surface area (TPSA) is 58.6 Å². The molecule has 33 heavy (non-hydrogen) atoms. The molecule has 0 saturated heterocycles. The number of aryl methyl sites for hydroxylation is 1. The highest BCUT2D eigenvalue weighted by Crippen LogP contribution is 2.18. The van der Waals surface area contributed by atoms with E-state index in [-0.39, 0.29) is 11.8 Å². The second kappa shape index (κ2) is 12.4. The van der Waals surface area contributed by atoms with Crippen LogP contribution in [0.3, 0.4) is 0 Å². The Morgan fingerprint density at radius 3 is 2.21 bits per heavy atom. The normalized spacial score (nSPS) is 11.5. The molecule has 0 unspecified atom stereocenters. The Kier molecular flexibility index (Phi) is 9.07. The smallest absolute Gasteiger partial charge is 0.242 e. The number of para-hydroxylation sites is 1. The van der Waals surface area contributed by atoms with E-state index < -0.39 is 6.04 Å². The first kappa shape index (κ1) is 24.1. The van der Waals surface area contributed by atoms with E-state index in [0.717, 1.165) is 22.4 Å². The molecule has 172 valence electrons. The zero-order chi connectivity index (χ0) is 23.5. The van der Waals surface area contributed by atoms with Crippen molar-refractivity contribution in [2.24, 2.45) is 0 Å². The van der Waals surface area contributed by atoms with E-state index in [9.17, 15) is 9.59 Å². The maximum absolute atomic E-state index is 13.4. The Bertz CT molecular complexity index is 1020. The molecule has 0 heterocycles. The number of hydrogen-bond acceptors (Lipinski definition) is 3. The first-order chi connectivity index (χ1) is 16.1. The van der Waals surface area contributed by atoms with Crippen LogP contribution in [0.15, 0.2) is 84.9 Å². The molecule has 0 aromatic heterocycles. The molecule has 1 atom stereocenters. The van der Waals surface area contributed by atoms with Gasteiger partial charge in [0.15, 0.2) is 0 Å². The first-order valence-corrected chi connectivity index (χ1v) is 11.4. The van der Waals surface area contributed by atoms with Gasteiger partial charge in [-0.2, -0.15) is 0 Å². The molecular formula is C28H32N2O3. The number of rotatable bonds is 11. The fourth-order valence-corrected chi connectivity index (χ4v) is 3.77. The van der Waals surface area contributed by atoms with Gasteiger partial charge in [0.1, 0.15) is 11.8 Å². The van der Waals surface area contributed by atoms with E-state index in [0.29, 0.717) is 32.4 Å². The minimum absolute atomic E-state index is 0.0561. The van der Waals surface area contributed by atoms with Gasteiger partial charge in [-0.3, -0.25) is 9.59 Å². The molecule has 0 aliphatic rings. The highest BCUT2D eigenvalue weighted by atomic mass is 16.5. The molecule has 3 aromatic carbocycles. The van der Waals surface area contributed by atoms with Crippen LogP contribution in [0.2, 0.25) is 0 Å². The minimum Gasteiger partial charge on any atom is -0.494 e. The summed E-state index contributed by atoms with van der Waals surface area (Å²) < 4.78 is 5.75. The minimum atomic E-state index is -0.598. The Morgan fingerprint density at radius 2 is 1.55 bits per heavy atom. The average Bonchev–Trinajstić information content (AvgIpc) is 2.85. The zero-order valence-electron chi connectivity index (χ0n) is 19.4. The van der Waals surface area contributed by atoms with Crippen molar-refractivity contribution in [1.82, 2.24) is 10.2 Å². The Labute approximate surface area is 196 Å². The fraction of sp³-hybridized carbons (Fsp3) is 0.286. The van der Waals surface area contributed by atoms with E-state index in [4.69, 9.17) is 4.74 Å². The Morgan fingerprint density at radius 1 is 0.909 bits per heavy atom. The van der Waals surface area contributed by atoms with Gasteiger partial charge in [-0.1, -0.05) is 72.8 Å². The molecule has 5 heteroatoms. The molecule has 0 aliphatic heterocycles. The second-order valence-corrected chi connectivity index (χ2v) is 8.03. The van der Waals surface area contributed by atoms with E-state index in [2.05, 4.69) is 5.32 Å². The van der Waals surface area contributed by atoms with E-state index in [1.165, 1.54) is 0 Å². The summed E-state index contributed by atoms with van der Waals surface area (Å²) >= 11 is 0. The molecule has 0 fully saturated rings. The van der Waals surface area contributed by atoms with E-state index in [1.54, 1.807) is 11.9 Å². The highest BCUT2D eigenvalue weighted by molar-refractivity contribution is 5.87. The molecule has 0 bridgehead atoms. The summed E-state index contributed by atoms with van der Waals surface area (Å²) in [6, 6.07) is 26.8. The number of benzene rings is 3. The molecule has 3 rings (SSSR count). The Hall–Kier alpha value is -3.60. The van der Waals surface area contributed by atoms with Gasteiger partial charge in [-0.25, -0.2) is 0 Å². The van der Waals surface area contributed by atoms with Crippen molar-refractivity contribution in [3.8, 4) is 5.75 Å². The summed E-state index contributed by atoms with van der Waals surface area (Å²) in [7, 11) is 1.62. The lowest BCUT2D eigenvalue weighted by atomic mass is 10.0. The standard InChI is InChI=1S/C28H32N2O3/c1-22-12-9-10-15-24(22)21-30(26(28(32)29-2)20-23-13-5-3-6-14-23)27(31)18-11-19-33-25-16-7-4-8-17-25/h3-10,12-17,26H,11,18-21H2,1-2H3,(H,29,32)/t26-/m0/s1. The number of hydrogen-bond donors (Lipinski definition) is 1. The number of likely N-dealkylation sites (N-methyl/N-ethyl adjacent to an activating group) is 1. The van der Waals surface area contributed by atoms with Gasteiger partial charge in [0.2, 0.25) is 11.8 Å². The monoisotopic (exact) mass is 444 g/mol. The van der Waals surface area contributed by atoms with Gasteiger partial charge in [-0.15, -0.1) is 0 Å². The van der Waals surface area contributed by atoms with Gasteiger partial charge in [0.05, 0.1) is 6.61 Å². The third kappa shape index (κ3) is 7.21. The van der Waals surface area contributed by atoms with E-state index >= 15 is 0 Å². The zero-order valence-corrected chi connectivity index (χ0v) is 19.4. The molecular weight excluding hydrogens is 412 g/mol. The molecule has 5 nitrogen and oxygen atoms in total. The number of amides is 2.